The molecule has 1 heterocycles. The van der Waals surface area contributed by atoms with E-state index in [9.17, 15) is 19.7 Å². The summed E-state index contributed by atoms with van der Waals surface area (Å²) in [7, 11) is 0. The molecule has 0 spiro atoms. The van der Waals surface area contributed by atoms with Crippen molar-refractivity contribution in [3.05, 3.63) is 39.9 Å². The predicted molar refractivity (Wildman–Crippen MR) is 66.4 cm³/mol. The van der Waals surface area contributed by atoms with Crippen LogP contribution in [0.5, 0.6) is 0 Å². The molecule has 0 radical (unpaired) electrons. The first-order chi connectivity index (χ1) is 8.59. The van der Waals surface area contributed by atoms with Crippen LogP contribution < -0.4 is 5.32 Å². The van der Waals surface area contributed by atoms with Gasteiger partial charge in [0.25, 0.3) is 11.6 Å². The lowest BCUT2D eigenvalue weighted by Crippen LogP contribution is -2.37. The lowest BCUT2D eigenvalue weighted by Gasteiger charge is -2.10. The summed E-state index contributed by atoms with van der Waals surface area (Å²) in [6.07, 6.45) is 0.565. The second-order valence-corrected chi connectivity index (χ2v) is 4.86. The van der Waals surface area contributed by atoms with Crippen molar-refractivity contribution in [2.75, 3.05) is 5.75 Å². The van der Waals surface area contributed by atoms with Gasteiger partial charge in [0.1, 0.15) is 5.56 Å². The molecule has 1 fully saturated rings. The monoisotopic (exact) mass is 266 g/mol. The number of thioether (sulfide) groups is 1. The molecule has 1 saturated heterocycles. The second-order valence-electron chi connectivity index (χ2n) is 3.76. The van der Waals surface area contributed by atoms with Crippen LogP contribution in [0.4, 0.5) is 5.69 Å². The van der Waals surface area contributed by atoms with Crippen LogP contribution >= 0.6 is 11.8 Å². The van der Waals surface area contributed by atoms with Gasteiger partial charge in [0.2, 0.25) is 5.12 Å². The minimum absolute atomic E-state index is 0.0211. The van der Waals surface area contributed by atoms with Gasteiger partial charge in [-0.05, 0) is 12.5 Å². The number of benzene rings is 1. The van der Waals surface area contributed by atoms with Gasteiger partial charge < -0.3 is 5.32 Å². The Labute approximate surface area is 107 Å². The van der Waals surface area contributed by atoms with Crippen molar-refractivity contribution in [1.29, 1.82) is 0 Å². The standard InChI is InChI=1S/C11H10N2O4S/c14-10(12-8-5-6-18-11(8)15)7-3-1-2-4-9(7)13(16)17/h1-4,8H,5-6H2,(H,12,14)/t8-/m1/s1. The average Bonchev–Trinajstić information content (AvgIpc) is 2.75. The summed E-state index contributed by atoms with van der Waals surface area (Å²) in [5.74, 6) is 0.0869. The molecule has 2 rings (SSSR count). The summed E-state index contributed by atoms with van der Waals surface area (Å²) >= 11 is 1.17. The molecule has 18 heavy (non-hydrogen) atoms. The van der Waals surface area contributed by atoms with Crippen LogP contribution in [-0.2, 0) is 4.79 Å². The van der Waals surface area contributed by atoms with E-state index in [1.165, 1.54) is 30.0 Å². The van der Waals surface area contributed by atoms with E-state index in [4.69, 9.17) is 0 Å². The van der Waals surface area contributed by atoms with Crippen molar-refractivity contribution >= 4 is 28.5 Å². The van der Waals surface area contributed by atoms with Gasteiger partial charge in [0.05, 0.1) is 11.0 Å². The molecule has 1 atom stereocenters. The highest BCUT2D eigenvalue weighted by Crippen LogP contribution is 2.22. The third-order valence-corrected chi connectivity index (χ3v) is 3.59. The van der Waals surface area contributed by atoms with Gasteiger partial charge in [0, 0.05) is 11.8 Å². The molecule has 7 heteroatoms. The minimum atomic E-state index is -0.611. The van der Waals surface area contributed by atoms with Gasteiger partial charge in [-0.25, -0.2) is 0 Å². The number of carbonyl (C=O) groups is 2. The molecule has 1 aliphatic rings. The summed E-state index contributed by atoms with van der Waals surface area (Å²) in [6, 6.07) is 5.14. The van der Waals surface area contributed by atoms with E-state index in [2.05, 4.69) is 5.32 Å². The summed E-state index contributed by atoms with van der Waals surface area (Å²) in [4.78, 5) is 33.4. The highest BCUT2D eigenvalue weighted by atomic mass is 32.2. The maximum Gasteiger partial charge on any atom is 0.282 e. The highest BCUT2D eigenvalue weighted by Gasteiger charge is 2.29. The van der Waals surface area contributed by atoms with E-state index in [-0.39, 0.29) is 16.4 Å². The molecule has 94 valence electrons. The van der Waals surface area contributed by atoms with Crippen LogP contribution in [0.25, 0.3) is 0 Å². The molecule has 6 nitrogen and oxygen atoms in total. The van der Waals surface area contributed by atoms with Gasteiger partial charge in [0.15, 0.2) is 0 Å². The number of hydrogen-bond acceptors (Lipinski definition) is 5. The normalized spacial score (nSPS) is 18.7. The Morgan fingerprint density at radius 2 is 2.17 bits per heavy atom. The van der Waals surface area contributed by atoms with E-state index in [0.717, 1.165) is 0 Å². The topological polar surface area (TPSA) is 89.3 Å². The predicted octanol–water partition coefficient (Wildman–Crippen LogP) is 1.36. The van der Waals surface area contributed by atoms with Crippen LogP contribution in [0.1, 0.15) is 16.8 Å². The van der Waals surface area contributed by atoms with Gasteiger partial charge in [-0.15, -0.1) is 0 Å². The quantitative estimate of drug-likeness (QED) is 0.659. The number of nitrogens with one attached hydrogen (secondary N) is 1. The summed E-state index contributed by atoms with van der Waals surface area (Å²) in [5, 5.41) is 13.2. The van der Waals surface area contributed by atoms with E-state index in [1.54, 1.807) is 6.07 Å². The Bertz CT molecular complexity index is 518. The number of hydrogen-bond donors (Lipinski definition) is 1. The second kappa shape index (κ2) is 5.18. The summed E-state index contributed by atoms with van der Waals surface area (Å²) in [6.45, 7) is 0. The fraction of sp³-hybridized carbons (Fsp3) is 0.273. The molecular weight excluding hydrogens is 256 g/mol. The molecule has 0 bridgehead atoms. The summed E-state index contributed by atoms with van der Waals surface area (Å²) in [5.41, 5.74) is -0.278. The van der Waals surface area contributed by atoms with E-state index >= 15 is 0 Å². The molecule has 1 amide bonds. The van der Waals surface area contributed by atoms with Crippen molar-refractivity contribution in [3.8, 4) is 0 Å². The number of nitrogens with zero attached hydrogens (tertiary/aromatic N) is 1. The molecule has 0 unspecified atom stereocenters. The first kappa shape index (κ1) is 12.6. The molecule has 1 aliphatic heterocycles. The highest BCUT2D eigenvalue weighted by molar-refractivity contribution is 8.14. The van der Waals surface area contributed by atoms with Gasteiger partial charge >= 0.3 is 0 Å². The van der Waals surface area contributed by atoms with Crippen molar-refractivity contribution in [2.24, 2.45) is 0 Å². The Morgan fingerprint density at radius 1 is 1.44 bits per heavy atom. The molecular formula is C11H10N2O4S. The average molecular weight is 266 g/mol. The SMILES string of the molecule is O=C(N[C@@H]1CCSC1=O)c1ccccc1[N+](=O)[O-]. The number of carbonyl (C=O) groups excluding carboxylic acids is 2. The van der Waals surface area contributed by atoms with E-state index in [1.807, 2.05) is 0 Å². The molecule has 0 saturated carbocycles. The molecule has 0 aliphatic carbocycles. The molecule has 1 N–H and O–H groups in total. The number of nitro benzene ring substituents is 1. The lowest BCUT2D eigenvalue weighted by molar-refractivity contribution is -0.385. The zero-order valence-electron chi connectivity index (χ0n) is 9.29. The van der Waals surface area contributed by atoms with E-state index in [0.29, 0.717) is 12.2 Å². The zero-order valence-corrected chi connectivity index (χ0v) is 10.1. The smallest absolute Gasteiger partial charge is 0.282 e. The Balaban J connectivity index is 2.18. The largest absolute Gasteiger partial charge is 0.341 e. The number of nitro groups is 1. The van der Waals surface area contributed by atoms with Crippen molar-refractivity contribution in [3.63, 3.8) is 0 Å². The van der Waals surface area contributed by atoms with Gasteiger partial charge in [-0.3, -0.25) is 19.7 Å². The van der Waals surface area contributed by atoms with Gasteiger partial charge in [-0.1, -0.05) is 23.9 Å². The Morgan fingerprint density at radius 3 is 2.78 bits per heavy atom. The van der Waals surface area contributed by atoms with Crippen LogP contribution in [0.15, 0.2) is 24.3 Å². The third-order valence-electron chi connectivity index (χ3n) is 2.59. The first-order valence-corrected chi connectivity index (χ1v) is 6.29. The molecule has 1 aromatic carbocycles. The zero-order chi connectivity index (χ0) is 13.1. The van der Waals surface area contributed by atoms with Crippen molar-refractivity contribution < 1.29 is 14.5 Å². The number of amides is 1. The maximum absolute atomic E-state index is 11.9. The van der Waals surface area contributed by atoms with Gasteiger partial charge in [-0.2, -0.15) is 0 Å². The van der Waals surface area contributed by atoms with Crippen molar-refractivity contribution in [2.45, 2.75) is 12.5 Å². The van der Waals surface area contributed by atoms with Crippen molar-refractivity contribution in [1.82, 2.24) is 5.32 Å². The van der Waals surface area contributed by atoms with Crippen LogP contribution in [0, 0.1) is 10.1 Å². The Kier molecular flexibility index (Phi) is 3.61. The number of para-hydroxylation sites is 1. The molecule has 0 aromatic heterocycles. The first-order valence-electron chi connectivity index (χ1n) is 5.30. The van der Waals surface area contributed by atoms with Crippen LogP contribution in [0.2, 0.25) is 0 Å². The fourth-order valence-corrected chi connectivity index (χ4v) is 2.62. The maximum atomic E-state index is 11.9. The minimum Gasteiger partial charge on any atom is -0.341 e. The molecule has 1 aromatic rings. The van der Waals surface area contributed by atoms with Crippen LogP contribution in [0.3, 0.4) is 0 Å². The lowest BCUT2D eigenvalue weighted by atomic mass is 10.1. The van der Waals surface area contributed by atoms with Crippen LogP contribution in [-0.4, -0.2) is 27.7 Å². The summed E-state index contributed by atoms with van der Waals surface area (Å²) < 4.78 is 0. The number of rotatable bonds is 3. The Hall–Kier alpha value is -1.89. The van der Waals surface area contributed by atoms with E-state index < -0.39 is 16.9 Å². The fourth-order valence-electron chi connectivity index (χ4n) is 1.69. The third kappa shape index (κ3) is 2.51.